The van der Waals surface area contributed by atoms with Crippen LogP contribution in [0.4, 0.5) is 4.39 Å². The summed E-state index contributed by atoms with van der Waals surface area (Å²) in [7, 11) is 0. The van der Waals surface area contributed by atoms with E-state index in [0.717, 1.165) is 16.5 Å². The molecule has 3 aromatic carbocycles. The topological polar surface area (TPSA) is 75.5 Å². The van der Waals surface area contributed by atoms with E-state index in [1.54, 1.807) is 48.7 Å². The highest BCUT2D eigenvalue weighted by Gasteiger charge is 2.24. The van der Waals surface area contributed by atoms with Crippen LogP contribution in [0.2, 0.25) is 5.02 Å². The highest BCUT2D eigenvalue weighted by atomic mass is 35.5. The van der Waals surface area contributed by atoms with Gasteiger partial charge in [0.1, 0.15) is 11.9 Å². The van der Waals surface area contributed by atoms with E-state index in [9.17, 15) is 14.0 Å². The van der Waals surface area contributed by atoms with Crippen LogP contribution >= 0.6 is 11.6 Å². The second-order valence-corrected chi connectivity index (χ2v) is 9.19. The molecule has 36 heavy (non-hydrogen) atoms. The number of para-hydroxylation sites is 1. The molecule has 0 aliphatic heterocycles. The van der Waals surface area contributed by atoms with Gasteiger partial charge in [-0.25, -0.2) is 9.82 Å². The lowest BCUT2D eigenvalue weighted by Gasteiger charge is -2.20. The summed E-state index contributed by atoms with van der Waals surface area (Å²) >= 11 is 5.89. The lowest BCUT2D eigenvalue weighted by Crippen LogP contribution is -2.48. The Morgan fingerprint density at radius 3 is 2.44 bits per heavy atom. The number of hydrazone groups is 1. The number of benzene rings is 3. The van der Waals surface area contributed by atoms with Crippen molar-refractivity contribution < 1.29 is 14.0 Å². The van der Waals surface area contributed by atoms with Crippen LogP contribution in [0.3, 0.4) is 0 Å². The Morgan fingerprint density at radius 1 is 1.03 bits per heavy atom. The summed E-state index contributed by atoms with van der Waals surface area (Å²) in [6, 6.07) is 20.0. The van der Waals surface area contributed by atoms with Gasteiger partial charge in [0.2, 0.25) is 0 Å². The number of carbonyl (C=O) groups is 2. The molecule has 1 atom stereocenters. The molecule has 0 spiro atoms. The summed E-state index contributed by atoms with van der Waals surface area (Å²) in [6.07, 6.45) is 3.42. The van der Waals surface area contributed by atoms with Crippen molar-refractivity contribution in [3.05, 3.63) is 107 Å². The maximum Gasteiger partial charge on any atom is 0.262 e. The Balaban J connectivity index is 1.49. The summed E-state index contributed by atoms with van der Waals surface area (Å²) in [5, 5.41) is 8.35. The molecule has 0 aliphatic rings. The standard InChI is InChI=1S/C28H26ClFN4O2/c1-18(2)26(32-27(35)19-11-13-22(29)14-12-19)28(36)33-31-15-21-17-34(25-10-6-4-8-23(21)25)16-20-7-3-5-9-24(20)30/h3-15,17-18,26H,16H2,1-2H3,(H,32,35)(H,33,36). The van der Waals surface area contributed by atoms with Crippen molar-refractivity contribution in [2.24, 2.45) is 11.0 Å². The number of aromatic nitrogens is 1. The lowest BCUT2D eigenvalue weighted by atomic mass is 10.0. The fraction of sp³-hybridized carbons (Fsp3) is 0.179. The van der Waals surface area contributed by atoms with Crippen molar-refractivity contribution in [1.82, 2.24) is 15.3 Å². The van der Waals surface area contributed by atoms with Crippen molar-refractivity contribution in [1.29, 1.82) is 0 Å². The number of rotatable bonds is 8. The molecular formula is C28H26ClFN4O2. The van der Waals surface area contributed by atoms with Gasteiger partial charge in [-0.05, 0) is 42.3 Å². The van der Waals surface area contributed by atoms with Gasteiger partial charge in [0, 0.05) is 38.8 Å². The maximum atomic E-state index is 14.2. The van der Waals surface area contributed by atoms with E-state index < -0.39 is 11.9 Å². The minimum Gasteiger partial charge on any atom is -0.342 e. The third kappa shape index (κ3) is 5.80. The van der Waals surface area contributed by atoms with Gasteiger partial charge in [-0.2, -0.15) is 5.10 Å². The molecule has 1 aromatic heterocycles. The Morgan fingerprint density at radius 2 is 1.72 bits per heavy atom. The van der Waals surface area contributed by atoms with Gasteiger partial charge in [0.05, 0.1) is 12.8 Å². The van der Waals surface area contributed by atoms with E-state index in [-0.39, 0.29) is 17.6 Å². The first-order valence-electron chi connectivity index (χ1n) is 11.5. The summed E-state index contributed by atoms with van der Waals surface area (Å²) in [4.78, 5) is 25.4. The Labute approximate surface area is 213 Å². The minimum atomic E-state index is -0.785. The number of nitrogens with zero attached hydrogens (tertiary/aromatic N) is 2. The Bertz CT molecular complexity index is 1410. The highest BCUT2D eigenvalue weighted by Crippen LogP contribution is 2.22. The first kappa shape index (κ1) is 25.1. The van der Waals surface area contributed by atoms with Crippen LogP contribution in [0.5, 0.6) is 0 Å². The molecule has 0 saturated carbocycles. The monoisotopic (exact) mass is 504 g/mol. The first-order valence-corrected chi connectivity index (χ1v) is 11.9. The second-order valence-electron chi connectivity index (χ2n) is 8.76. The summed E-state index contributed by atoms with van der Waals surface area (Å²) in [6.45, 7) is 4.04. The minimum absolute atomic E-state index is 0.167. The van der Waals surface area contributed by atoms with Crippen LogP contribution < -0.4 is 10.7 Å². The smallest absolute Gasteiger partial charge is 0.262 e. The number of carbonyl (C=O) groups excluding carboxylic acids is 2. The number of halogens is 2. The summed E-state index contributed by atoms with van der Waals surface area (Å²) in [5.41, 5.74) is 5.21. The average molecular weight is 505 g/mol. The number of hydrogen-bond acceptors (Lipinski definition) is 3. The lowest BCUT2D eigenvalue weighted by molar-refractivity contribution is -0.123. The molecule has 4 aromatic rings. The maximum absolute atomic E-state index is 14.2. The van der Waals surface area contributed by atoms with Crippen molar-refractivity contribution in [2.75, 3.05) is 0 Å². The SMILES string of the molecule is CC(C)C(NC(=O)c1ccc(Cl)cc1)C(=O)NN=Cc1cn(Cc2ccccc2F)c2ccccc12. The van der Waals surface area contributed by atoms with Crippen molar-refractivity contribution in [3.63, 3.8) is 0 Å². The van der Waals surface area contributed by atoms with Gasteiger partial charge < -0.3 is 9.88 Å². The Kier molecular flexibility index (Phi) is 7.80. The molecular weight excluding hydrogens is 479 g/mol. The van der Waals surface area contributed by atoms with E-state index in [1.165, 1.54) is 6.07 Å². The van der Waals surface area contributed by atoms with Crippen LogP contribution in [-0.2, 0) is 11.3 Å². The van der Waals surface area contributed by atoms with Crippen LogP contribution in [0.15, 0.2) is 84.1 Å². The molecule has 184 valence electrons. The van der Waals surface area contributed by atoms with Gasteiger partial charge in [0.15, 0.2) is 0 Å². The molecule has 1 heterocycles. The predicted octanol–water partition coefficient (Wildman–Crippen LogP) is 5.39. The first-order chi connectivity index (χ1) is 17.3. The number of nitrogens with one attached hydrogen (secondary N) is 2. The number of fused-ring (bicyclic) bond motifs is 1. The van der Waals surface area contributed by atoms with E-state index in [1.807, 2.05) is 48.9 Å². The van der Waals surface area contributed by atoms with Gasteiger partial charge in [-0.15, -0.1) is 0 Å². The third-order valence-corrected chi connectivity index (χ3v) is 6.09. The molecule has 0 aliphatic carbocycles. The van der Waals surface area contributed by atoms with Gasteiger partial charge in [0.25, 0.3) is 11.8 Å². The highest BCUT2D eigenvalue weighted by molar-refractivity contribution is 6.30. The molecule has 0 radical (unpaired) electrons. The van der Waals surface area contributed by atoms with Gasteiger partial charge >= 0.3 is 0 Å². The van der Waals surface area contributed by atoms with Gasteiger partial charge in [-0.3, -0.25) is 9.59 Å². The van der Waals surface area contributed by atoms with E-state index in [2.05, 4.69) is 15.8 Å². The molecule has 8 heteroatoms. The zero-order chi connectivity index (χ0) is 25.7. The zero-order valence-corrected chi connectivity index (χ0v) is 20.7. The van der Waals surface area contributed by atoms with Gasteiger partial charge in [-0.1, -0.05) is 61.8 Å². The molecule has 1 unspecified atom stereocenters. The normalized spacial score (nSPS) is 12.2. The van der Waals surface area contributed by atoms with Crippen LogP contribution in [0, 0.1) is 11.7 Å². The van der Waals surface area contributed by atoms with E-state index >= 15 is 0 Å². The summed E-state index contributed by atoms with van der Waals surface area (Å²) in [5.74, 6) is -1.24. The van der Waals surface area contributed by atoms with Crippen molar-refractivity contribution in [2.45, 2.75) is 26.4 Å². The second kappa shape index (κ2) is 11.2. The van der Waals surface area contributed by atoms with Crippen molar-refractivity contribution in [3.8, 4) is 0 Å². The zero-order valence-electron chi connectivity index (χ0n) is 19.9. The van der Waals surface area contributed by atoms with Crippen LogP contribution in [-0.4, -0.2) is 28.6 Å². The molecule has 2 N–H and O–H groups in total. The van der Waals surface area contributed by atoms with E-state index in [0.29, 0.717) is 22.7 Å². The number of amides is 2. The largest absolute Gasteiger partial charge is 0.342 e. The fourth-order valence-electron chi connectivity index (χ4n) is 3.91. The number of hydrogen-bond donors (Lipinski definition) is 2. The molecule has 6 nitrogen and oxygen atoms in total. The molecule has 2 amide bonds. The van der Waals surface area contributed by atoms with Crippen LogP contribution in [0.1, 0.15) is 35.3 Å². The summed E-state index contributed by atoms with van der Waals surface area (Å²) < 4.78 is 16.2. The molecule has 0 saturated heterocycles. The molecule has 4 rings (SSSR count). The van der Waals surface area contributed by atoms with Crippen molar-refractivity contribution >= 4 is 40.5 Å². The third-order valence-electron chi connectivity index (χ3n) is 5.84. The molecule has 0 fully saturated rings. The van der Waals surface area contributed by atoms with E-state index in [4.69, 9.17) is 11.6 Å². The molecule has 0 bridgehead atoms. The quantitative estimate of drug-likeness (QED) is 0.249. The fourth-order valence-corrected chi connectivity index (χ4v) is 4.04. The Hall–Kier alpha value is -3.97. The predicted molar refractivity (Wildman–Crippen MR) is 141 cm³/mol. The average Bonchev–Trinajstić information content (AvgIpc) is 3.21. The van der Waals surface area contributed by atoms with Crippen LogP contribution in [0.25, 0.3) is 10.9 Å².